The van der Waals surface area contributed by atoms with Crippen LogP contribution in [0.2, 0.25) is 0 Å². The zero-order chi connectivity index (χ0) is 17.7. The number of benzene rings is 2. The molecule has 0 bridgehead atoms. The summed E-state index contributed by atoms with van der Waals surface area (Å²) >= 11 is 0. The van der Waals surface area contributed by atoms with Gasteiger partial charge >= 0.3 is 5.97 Å². The summed E-state index contributed by atoms with van der Waals surface area (Å²) in [5.41, 5.74) is 0.00743. The molecule has 1 amide bonds. The average molecular weight is 326 g/mol. The van der Waals surface area contributed by atoms with Gasteiger partial charge in [-0.1, -0.05) is 30.3 Å². The molecule has 0 heterocycles. The summed E-state index contributed by atoms with van der Waals surface area (Å²) in [6, 6.07) is 12.2. The van der Waals surface area contributed by atoms with Gasteiger partial charge in [0.1, 0.15) is 11.3 Å². The van der Waals surface area contributed by atoms with E-state index in [9.17, 15) is 14.7 Å². The number of ether oxygens (including phenoxy) is 1. The first-order chi connectivity index (χ1) is 11.5. The number of carbonyl (C=O) groups is 2. The quantitative estimate of drug-likeness (QED) is 0.852. The summed E-state index contributed by atoms with van der Waals surface area (Å²) < 4.78 is 5.16. The fraction of sp³-hybridized carbons (Fsp3) is 0.278. The van der Waals surface area contributed by atoms with Gasteiger partial charge in [-0.15, -0.1) is 0 Å². The Morgan fingerprint density at radius 1 is 1.29 bits per heavy atom. The van der Waals surface area contributed by atoms with E-state index in [1.54, 1.807) is 18.2 Å². The minimum absolute atomic E-state index is 0.00743. The maximum Gasteiger partial charge on any atom is 0.342 e. The molecule has 0 saturated heterocycles. The Hall–Kier alpha value is -3.07. The Morgan fingerprint density at radius 3 is 2.71 bits per heavy atom. The zero-order valence-electron chi connectivity index (χ0n) is 13.5. The molecule has 0 aliphatic heterocycles. The number of fused-ring (bicyclic) bond motifs is 1. The van der Waals surface area contributed by atoms with Crippen LogP contribution in [0.4, 0.5) is 0 Å². The van der Waals surface area contributed by atoms with Gasteiger partial charge in [0.2, 0.25) is 0 Å². The Balaban J connectivity index is 2.14. The molecule has 24 heavy (non-hydrogen) atoms. The van der Waals surface area contributed by atoms with Crippen LogP contribution in [0.3, 0.4) is 0 Å². The normalized spacial score (nSPS) is 11.5. The molecule has 0 aromatic heterocycles. The van der Waals surface area contributed by atoms with E-state index in [1.165, 1.54) is 24.9 Å². The monoisotopic (exact) mass is 326 g/mol. The van der Waals surface area contributed by atoms with Gasteiger partial charge in [0, 0.05) is 19.0 Å². The van der Waals surface area contributed by atoms with Crippen LogP contribution in [-0.2, 0) is 9.53 Å². The van der Waals surface area contributed by atoms with Crippen molar-refractivity contribution in [2.24, 2.45) is 0 Å². The van der Waals surface area contributed by atoms with Gasteiger partial charge < -0.3 is 14.7 Å². The smallest absolute Gasteiger partial charge is 0.342 e. The Bertz CT molecular complexity index is 810. The molecule has 0 radical (unpaired) electrons. The number of phenols is 1. The highest BCUT2D eigenvalue weighted by atomic mass is 16.5. The molecule has 2 aromatic rings. The highest BCUT2D eigenvalue weighted by molar-refractivity contribution is 6.01. The molecular weight excluding hydrogens is 308 g/mol. The summed E-state index contributed by atoms with van der Waals surface area (Å²) in [5.74, 6) is -1.35. The van der Waals surface area contributed by atoms with Gasteiger partial charge in [-0.25, -0.2) is 4.79 Å². The largest absolute Gasteiger partial charge is 0.506 e. The summed E-state index contributed by atoms with van der Waals surface area (Å²) in [6.07, 6.45) is -0.805. The molecule has 124 valence electrons. The molecule has 1 atom stereocenters. The number of amides is 1. The van der Waals surface area contributed by atoms with E-state index >= 15 is 0 Å². The van der Waals surface area contributed by atoms with E-state index in [1.807, 2.05) is 18.2 Å². The average Bonchev–Trinajstić information content (AvgIpc) is 2.59. The summed E-state index contributed by atoms with van der Waals surface area (Å²) in [4.78, 5) is 25.7. The number of hydrogen-bond donors (Lipinski definition) is 1. The first kappa shape index (κ1) is 17.3. The minimum Gasteiger partial charge on any atom is -0.506 e. The van der Waals surface area contributed by atoms with Crippen LogP contribution < -0.4 is 0 Å². The fourth-order valence-electron chi connectivity index (χ4n) is 2.33. The molecule has 2 aromatic carbocycles. The Kier molecular flexibility index (Phi) is 5.38. The number of nitriles is 1. The van der Waals surface area contributed by atoms with Gasteiger partial charge in [-0.05, 0) is 18.4 Å². The SMILES string of the molecule is C[C@@H](OC(=O)c1ccc2ccccc2c1O)C(=O)N(C)CCC#N. The maximum atomic E-state index is 12.3. The second-order valence-corrected chi connectivity index (χ2v) is 5.40. The zero-order valence-corrected chi connectivity index (χ0v) is 13.5. The molecular formula is C18H18N2O4. The molecule has 0 spiro atoms. The number of hydrogen-bond acceptors (Lipinski definition) is 5. The van der Waals surface area contributed by atoms with Crippen LogP contribution in [0.1, 0.15) is 23.7 Å². The molecule has 0 unspecified atom stereocenters. The number of phenolic OH excluding ortho intramolecular Hbond substituents is 1. The third-order valence-corrected chi connectivity index (χ3v) is 3.69. The van der Waals surface area contributed by atoms with Crippen molar-refractivity contribution in [1.82, 2.24) is 4.90 Å². The maximum absolute atomic E-state index is 12.3. The van der Waals surface area contributed by atoms with E-state index in [4.69, 9.17) is 10.00 Å². The van der Waals surface area contributed by atoms with E-state index in [2.05, 4.69) is 0 Å². The Labute approximate surface area is 139 Å². The van der Waals surface area contributed by atoms with E-state index in [-0.39, 0.29) is 24.3 Å². The molecule has 1 N–H and O–H groups in total. The van der Waals surface area contributed by atoms with Gasteiger partial charge in [-0.3, -0.25) is 4.79 Å². The van der Waals surface area contributed by atoms with E-state index in [0.717, 1.165) is 5.39 Å². The van der Waals surface area contributed by atoms with E-state index in [0.29, 0.717) is 5.39 Å². The molecule has 6 heteroatoms. The lowest BCUT2D eigenvalue weighted by molar-refractivity contribution is -0.138. The van der Waals surface area contributed by atoms with Crippen molar-refractivity contribution in [2.45, 2.75) is 19.4 Å². The van der Waals surface area contributed by atoms with Crippen molar-refractivity contribution < 1.29 is 19.4 Å². The van der Waals surface area contributed by atoms with E-state index < -0.39 is 18.0 Å². The van der Waals surface area contributed by atoms with Crippen LogP contribution >= 0.6 is 0 Å². The summed E-state index contributed by atoms with van der Waals surface area (Å²) in [7, 11) is 1.54. The predicted octanol–water partition coefficient (Wildman–Crippen LogP) is 2.46. The highest BCUT2D eigenvalue weighted by Gasteiger charge is 2.24. The van der Waals surface area contributed by atoms with Crippen LogP contribution in [0, 0.1) is 11.3 Å². The number of rotatable bonds is 5. The third-order valence-electron chi connectivity index (χ3n) is 3.69. The topological polar surface area (TPSA) is 90.6 Å². The molecule has 6 nitrogen and oxygen atoms in total. The van der Waals surface area contributed by atoms with Crippen molar-refractivity contribution >= 4 is 22.6 Å². The number of aromatic hydroxyl groups is 1. The second-order valence-electron chi connectivity index (χ2n) is 5.40. The van der Waals surface area contributed by atoms with Crippen molar-refractivity contribution in [3.8, 4) is 11.8 Å². The van der Waals surface area contributed by atoms with Crippen molar-refractivity contribution in [1.29, 1.82) is 5.26 Å². The third kappa shape index (κ3) is 3.63. The van der Waals surface area contributed by atoms with Gasteiger partial charge in [-0.2, -0.15) is 5.26 Å². The van der Waals surface area contributed by atoms with Crippen LogP contribution in [-0.4, -0.2) is 41.6 Å². The predicted molar refractivity (Wildman–Crippen MR) is 88.4 cm³/mol. The van der Waals surface area contributed by atoms with Crippen molar-refractivity contribution in [2.75, 3.05) is 13.6 Å². The van der Waals surface area contributed by atoms with Crippen molar-refractivity contribution in [3.05, 3.63) is 42.0 Å². The van der Waals surface area contributed by atoms with Gasteiger partial charge in [0.15, 0.2) is 6.10 Å². The van der Waals surface area contributed by atoms with Crippen LogP contribution in [0.5, 0.6) is 5.75 Å². The molecule has 0 saturated carbocycles. The summed E-state index contributed by atoms with van der Waals surface area (Å²) in [5, 5.41) is 20.1. The lowest BCUT2D eigenvalue weighted by Gasteiger charge is -2.20. The lowest BCUT2D eigenvalue weighted by Crippen LogP contribution is -2.37. The summed E-state index contributed by atoms with van der Waals surface area (Å²) in [6.45, 7) is 1.72. The first-order valence-electron chi connectivity index (χ1n) is 7.49. The molecule has 2 rings (SSSR count). The van der Waals surface area contributed by atoms with Crippen LogP contribution in [0.15, 0.2) is 36.4 Å². The molecule has 0 fully saturated rings. The second kappa shape index (κ2) is 7.47. The lowest BCUT2D eigenvalue weighted by atomic mass is 10.1. The van der Waals surface area contributed by atoms with Gasteiger partial charge in [0.05, 0.1) is 12.5 Å². The number of esters is 1. The van der Waals surface area contributed by atoms with Crippen molar-refractivity contribution in [3.63, 3.8) is 0 Å². The molecule has 0 aliphatic rings. The first-order valence-corrected chi connectivity index (χ1v) is 7.49. The fourth-order valence-corrected chi connectivity index (χ4v) is 2.33. The number of nitrogens with zero attached hydrogens (tertiary/aromatic N) is 2. The van der Waals surface area contributed by atoms with Gasteiger partial charge in [0.25, 0.3) is 5.91 Å². The number of carbonyl (C=O) groups excluding carboxylic acids is 2. The van der Waals surface area contributed by atoms with Crippen LogP contribution in [0.25, 0.3) is 10.8 Å². The number of likely N-dealkylation sites (N-methyl/N-ethyl adjacent to an activating group) is 1. The Morgan fingerprint density at radius 2 is 2.00 bits per heavy atom. The highest BCUT2D eigenvalue weighted by Crippen LogP contribution is 2.29. The minimum atomic E-state index is -1.01. The molecule has 0 aliphatic carbocycles. The standard InChI is InChI=1S/C18H18N2O4/c1-12(17(22)20(2)11-5-10-19)24-18(23)15-9-8-13-6-3-4-7-14(13)16(15)21/h3-4,6-9,12,21H,5,11H2,1-2H3/t12-/m1/s1.